The lowest BCUT2D eigenvalue weighted by Gasteiger charge is -2.39. The van der Waals surface area contributed by atoms with Gasteiger partial charge in [-0.15, -0.1) is 0 Å². The van der Waals surface area contributed by atoms with E-state index in [1.807, 2.05) is 6.20 Å². The van der Waals surface area contributed by atoms with Crippen LogP contribution in [-0.4, -0.2) is 52.8 Å². The molecule has 2 aliphatic heterocycles. The number of imide groups is 1. The van der Waals surface area contributed by atoms with E-state index in [4.69, 9.17) is 4.98 Å². The Kier molecular flexibility index (Phi) is 7.57. The second kappa shape index (κ2) is 11.5. The minimum Gasteiger partial charge on any atom is -0.302 e. The van der Waals surface area contributed by atoms with Crippen LogP contribution in [-0.2, 0) is 22.4 Å². The Hall–Kier alpha value is -2.79. The van der Waals surface area contributed by atoms with Crippen molar-refractivity contribution in [3.63, 3.8) is 0 Å². The second-order valence-electron chi connectivity index (χ2n) is 13.5. The van der Waals surface area contributed by atoms with Crippen molar-refractivity contribution in [1.82, 2.24) is 14.8 Å². The molecule has 5 heteroatoms. The van der Waals surface area contributed by atoms with Crippen LogP contribution < -0.4 is 0 Å². The Balaban J connectivity index is 1.06. The minimum atomic E-state index is -0.0236. The van der Waals surface area contributed by atoms with E-state index in [9.17, 15) is 9.59 Å². The molecule has 216 valence electrons. The highest BCUT2D eigenvalue weighted by Crippen LogP contribution is 2.41. The Labute approximate surface area is 245 Å². The highest BCUT2D eigenvalue weighted by Gasteiger charge is 2.49. The summed E-state index contributed by atoms with van der Waals surface area (Å²) in [4.78, 5) is 35.7. The van der Waals surface area contributed by atoms with Gasteiger partial charge in [0.15, 0.2) is 0 Å². The van der Waals surface area contributed by atoms with Crippen molar-refractivity contribution in [3.05, 3.63) is 70.0 Å². The standard InChI is InChI=1S/C36H45N3O2/c1-24-12-15-30-27(21-24)14-13-26-9-6-18-37-34(26)33(30)25-16-19-38(20-17-25)22-28-7-2-3-8-29(28)23-39-35(40)31-10-4-5-11-32(31)36(39)41/h6,9,12,15,18,21,28-29,31-32H,2-5,7-8,10-11,13-14,16-17,19-20,22-23H2,1H3/t28-,29-,31?,32?/m0/s1. The predicted molar refractivity (Wildman–Crippen MR) is 162 cm³/mol. The number of fused-ring (bicyclic) bond motifs is 3. The van der Waals surface area contributed by atoms with E-state index in [1.54, 1.807) is 10.5 Å². The molecule has 0 radical (unpaired) electrons. The van der Waals surface area contributed by atoms with Crippen LogP contribution in [0.1, 0.15) is 92.2 Å². The van der Waals surface area contributed by atoms with Gasteiger partial charge in [-0.25, -0.2) is 0 Å². The molecule has 2 saturated carbocycles. The van der Waals surface area contributed by atoms with Crippen LogP contribution in [0.3, 0.4) is 0 Å². The van der Waals surface area contributed by atoms with Crippen molar-refractivity contribution < 1.29 is 9.59 Å². The number of carbonyl (C=O) groups is 2. The zero-order chi connectivity index (χ0) is 27.9. The van der Waals surface area contributed by atoms with Crippen molar-refractivity contribution in [2.45, 2.75) is 84.0 Å². The summed E-state index contributed by atoms with van der Waals surface area (Å²) in [6.07, 6.45) is 15.2. The Morgan fingerprint density at radius 2 is 1.44 bits per heavy atom. The fourth-order valence-electron chi connectivity index (χ4n) is 8.79. The van der Waals surface area contributed by atoms with E-state index >= 15 is 0 Å². The van der Waals surface area contributed by atoms with Gasteiger partial charge in [0.2, 0.25) is 11.8 Å². The minimum absolute atomic E-state index is 0.0236. The van der Waals surface area contributed by atoms with Gasteiger partial charge in [0.05, 0.1) is 17.5 Å². The number of nitrogens with zero attached hydrogens (tertiary/aromatic N) is 3. The Morgan fingerprint density at radius 3 is 2.17 bits per heavy atom. The second-order valence-corrected chi connectivity index (χ2v) is 13.5. The number of carbonyl (C=O) groups excluding carboxylic acids is 2. The van der Waals surface area contributed by atoms with Gasteiger partial charge in [0.25, 0.3) is 0 Å². The van der Waals surface area contributed by atoms with Gasteiger partial charge in [-0.1, -0.05) is 61.1 Å². The number of pyridine rings is 1. The average Bonchev–Trinajstić information content (AvgIpc) is 3.13. The summed E-state index contributed by atoms with van der Waals surface area (Å²) in [6.45, 7) is 6.12. The van der Waals surface area contributed by atoms with Gasteiger partial charge in [-0.05, 0) is 92.9 Å². The third kappa shape index (κ3) is 5.20. The number of hydrogen-bond acceptors (Lipinski definition) is 4. The van der Waals surface area contributed by atoms with Gasteiger partial charge >= 0.3 is 0 Å². The maximum Gasteiger partial charge on any atom is 0.233 e. The van der Waals surface area contributed by atoms with Crippen LogP contribution in [0.5, 0.6) is 0 Å². The highest BCUT2D eigenvalue weighted by molar-refractivity contribution is 6.05. The van der Waals surface area contributed by atoms with Crippen LogP contribution in [0, 0.1) is 30.6 Å². The van der Waals surface area contributed by atoms with Crippen LogP contribution in [0.15, 0.2) is 42.1 Å². The van der Waals surface area contributed by atoms with Crippen molar-refractivity contribution in [3.8, 4) is 0 Å². The van der Waals surface area contributed by atoms with Gasteiger partial charge < -0.3 is 4.90 Å². The molecule has 7 rings (SSSR count). The third-order valence-corrected chi connectivity index (χ3v) is 11.0. The topological polar surface area (TPSA) is 53.5 Å². The number of piperidine rings is 1. The third-order valence-electron chi connectivity index (χ3n) is 11.0. The van der Waals surface area contributed by atoms with Crippen molar-refractivity contribution in [2.75, 3.05) is 26.2 Å². The molecule has 1 aromatic heterocycles. The molecular formula is C36H45N3O2. The van der Waals surface area contributed by atoms with E-state index in [1.165, 1.54) is 52.8 Å². The van der Waals surface area contributed by atoms with Gasteiger partial charge in [-0.2, -0.15) is 0 Å². The number of hydrogen-bond donors (Lipinski definition) is 0. The maximum atomic E-state index is 13.2. The maximum absolute atomic E-state index is 13.2. The first-order valence-electron chi connectivity index (χ1n) is 16.4. The molecule has 4 atom stereocenters. The van der Waals surface area contributed by atoms with E-state index in [2.05, 4.69) is 42.2 Å². The Morgan fingerprint density at radius 1 is 0.780 bits per heavy atom. The number of amides is 2. The summed E-state index contributed by atoms with van der Waals surface area (Å²) in [5.74, 6) is 1.26. The lowest BCUT2D eigenvalue weighted by molar-refractivity contribution is -0.141. The van der Waals surface area contributed by atoms with Crippen LogP contribution in [0.2, 0.25) is 0 Å². The summed E-state index contributed by atoms with van der Waals surface area (Å²) in [6, 6.07) is 11.3. The zero-order valence-corrected chi connectivity index (χ0v) is 24.7. The predicted octanol–water partition coefficient (Wildman–Crippen LogP) is 6.37. The van der Waals surface area contributed by atoms with Crippen molar-refractivity contribution in [2.24, 2.45) is 23.7 Å². The van der Waals surface area contributed by atoms with E-state index in [-0.39, 0.29) is 23.7 Å². The summed E-state index contributed by atoms with van der Waals surface area (Å²) < 4.78 is 0. The summed E-state index contributed by atoms with van der Waals surface area (Å²) in [5, 5.41) is 0. The molecule has 2 amide bonds. The largest absolute Gasteiger partial charge is 0.302 e. The molecule has 2 saturated heterocycles. The number of likely N-dealkylation sites (tertiary alicyclic amines) is 2. The van der Waals surface area contributed by atoms with E-state index in [0.29, 0.717) is 18.4 Å². The monoisotopic (exact) mass is 551 g/mol. The van der Waals surface area contributed by atoms with Crippen LogP contribution in [0.25, 0.3) is 5.57 Å². The molecule has 4 fully saturated rings. The normalized spacial score (nSPS) is 28.8. The highest BCUT2D eigenvalue weighted by atomic mass is 16.2. The fraction of sp³-hybridized carbons (Fsp3) is 0.583. The molecule has 0 bridgehead atoms. The fourth-order valence-corrected chi connectivity index (χ4v) is 8.79. The number of aromatic nitrogens is 1. The Bertz CT molecular complexity index is 1330. The SMILES string of the molecule is Cc1ccc2c(c1)CCc1cccnc1C2=C1CCN(C[C@@H]2CCCC[C@H]2CN2C(=O)C3CCCCC3C2=O)CC1. The molecule has 2 aromatic rings. The molecule has 5 aliphatic rings. The first-order chi connectivity index (χ1) is 20.1. The first kappa shape index (κ1) is 27.1. The lowest BCUT2D eigenvalue weighted by atomic mass is 9.78. The average molecular weight is 552 g/mol. The number of aryl methyl sites for hydroxylation is 3. The molecule has 1 aromatic carbocycles. The summed E-state index contributed by atoms with van der Waals surface area (Å²) in [5.41, 5.74) is 9.72. The van der Waals surface area contributed by atoms with Gasteiger partial charge in [0.1, 0.15) is 0 Å². The molecule has 41 heavy (non-hydrogen) atoms. The molecule has 3 heterocycles. The van der Waals surface area contributed by atoms with Gasteiger partial charge in [-0.3, -0.25) is 19.5 Å². The van der Waals surface area contributed by atoms with Crippen LogP contribution >= 0.6 is 0 Å². The van der Waals surface area contributed by atoms with E-state index in [0.717, 1.165) is 77.4 Å². The van der Waals surface area contributed by atoms with Crippen molar-refractivity contribution in [1.29, 1.82) is 0 Å². The number of rotatable bonds is 4. The summed E-state index contributed by atoms with van der Waals surface area (Å²) in [7, 11) is 0. The molecule has 5 nitrogen and oxygen atoms in total. The molecular weight excluding hydrogens is 506 g/mol. The van der Waals surface area contributed by atoms with E-state index < -0.39 is 0 Å². The molecule has 0 spiro atoms. The lowest BCUT2D eigenvalue weighted by Crippen LogP contribution is -2.43. The van der Waals surface area contributed by atoms with Gasteiger partial charge in [0, 0.05) is 37.9 Å². The number of benzene rings is 1. The first-order valence-corrected chi connectivity index (χ1v) is 16.4. The smallest absolute Gasteiger partial charge is 0.233 e. The molecule has 0 N–H and O–H groups in total. The summed E-state index contributed by atoms with van der Waals surface area (Å²) >= 11 is 0. The quantitative estimate of drug-likeness (QED) is 0.415. The van der Waals surface area contributed by atoms with Crippen LogP contribution in [0.4, 0.5) is 0 Å². The molecule has 3 aliphatic carbocycles. The zero-order valence-electron chi connectivity index (χ0n) is 24.7. The molecule has 2 unspecified atom stereocenters. The van der Waals surface area contributed by atoms with Crippen molar-refractivity contribution >= 4 is 17.4 Å².